The zero-order chi connectivity index (χ0) is 20.9. The van der Waals surface area contributed by atoms with Gasteiger partial charge in [-0.25, -0.2) is 0 Å². The van der Waals surface area contributed by atoms with Gasteiger partial charge in [0.05, 0.1) is 18.8 Å². The van der Waals surface area contributed by atoms with E-state index in [4.69, 9.17) is 16.3 Å². The van der Waals surface area contributed by atoms with Gasteiger partial charge in [-0.05, 0) is 6.42 Å². The van der Waals surface area contributed by atoms with Crippen molar-refractivity contribution in [2.24, 2.45) is 5.92 Å². The van der Waals surface area contributed by atoms with E-state index in [1.807, 2.05) is 0 Å². The molecule has 2 rings (SSSR count). The number of aliphatic hydroxyl groups excluding tert-OH is 3. The molecular formula is C18H29ClN4O4Si. The van der Waals surface area contributed by atoms with E-state index in [-0.39, 0.29) is 11.8 Å². The highest BCUT2D eigenvalue weighted by atomic mass is 35.5. The van der Waals surface area contributed by atoms with Crippen LogP contribution in [0.25, 0.3) is 0 Å². The number of hydrogen-bond acceptors (Lipinski definition) is 8. The summed E-state index contributed by atoms with van der Waals surface area (Å²) in [6.45, 7) is 7.13. The highest BCUT2D eigenvalue weighted by molar-refractivity contribution is 6.83. The Morgan fingerprint density at radius 2 is 1.96 bits per heavy atom. The zero-order valence-corrected chi connectivity index (χ0v) is 18.4. The number of aromatic nitrogens is 2. The van der Waals surface area contributed by atoms with Gasteiger partial charge in [0.25, 0.3) is 0 Å². The third-order valence-corrected chi connectivity index (χ3v) is 5.52. The predicted molar refractivity (Wildman–Crippen MR) is 112 cm³/mol. The smallest absolute Gasteiger partial charge is 0.226 e. The van der Waals surface area contributed by atoms with Gasteiger partial charge < -0.3 is 30.7 Å². The summed E-state index contributed by atoms with van der Waals surface area (Å²) < 4.78 is 5.01. The van der Waals surface area contributed by atoms with Crippen molar-refractivity contribution in [3.63, 3.8) is 0 Å². The second-order valence-electron chi connectivity index (χ2n) is 7.89. The topological polar surface area (TPSA) is 120 Å². The average Bonchev–Trinajstić information content (AvgIpc) is 2.88. The van der Waals surface area contributed by atoms with Crippen molar-refractivity contribution >= 4 is 31.4 Å². The molecular weight excluding hydrogens is 400 g/mol. The molecule has 1 aliphatic carbocycles. The van der Waals surface area contributed by atoms with Gasteiger partial charge in [0.2, 0.25) is 5.95 Å². The molecule has 156 valence electrons. The zero-order valence-electron chi connectivity index (χ0n) is 16.7. The van der Waals surface area contributed by atoms with Gasteiger partial charge in [-0.3, -0.25) is 0 Å². The van der Waals surface area contributed by atoms with Crippen molar-refractivity contribution in [3.8, 4) is 11.5 Å². The Morgan fingerprint density at radius 1 is 1.25 bits per heavy atom. The Bertz CT molecular complexity index is 735. The molecule has 8 nitrogen and oxygen atoms in total. The molecule has 0 aromatic carbocycles. The Hall–Kier alpha value is -1.41. The van der Waals surface area contributed by atoms with E-state index >= 15 is 0 Å². The van der Waals surface area contributed by atoms with Crippen LogP contribution < -0.4 is 10.6 Å². The maximum absolute atomic E-state index is 10.3. The number of hydrogen-bond donors (Lipinski definition) is 5. The van der Waals surface area contributed by atoms with Crippen LogP contribution in [0.15, 0.2) is 0 Å². The molecule has 0 amide bonds. The van der Waals surface area contributed by atoms with E-state index in [0.717, 1.165) is 0 Å². The third kappa shape index (κ3) is 6.04. The van der Waals surface area contributed by atoms with Gasteiger partial charge in [-0.1, -0.05) is 37.2 Å². The maximum Gasteiger partial charge on any atom is 0.226 e. The van der Waals surface area contributed by atoms with Crippen molar-refractivity contribution in [1.29, 1.82) is 0 Å². The van der Waals surface area contributed by atoms with E-state index in [0.29, 0.717) is 36.9 Å². The van der Waals surface area contributed by atoms with Crippen molar-refractivity contribution in [2.45, 2.75) is 44.3 Å². The highest BCUT2D eigenvalue weighted by Gasteiger charge is 2.41. The number of anilines is 2. The summed E-state index contributed by atoms with van der Waals surface area (Å²) in [5.74, 6) is 3.39. The molecule has 1 aliphatic rings. The fraction of sp³-hybridized carbons (Fsp3) is 0.667. The second-order valence-corrected chi connectivity index (χ2v) is 13.0. The number of ether oxygens (including phenoxy) is 1. The SMILES string of the molecule is COCCNc1nc(Cl)c(C#C[Si](C)(C)C)c(N[C@@H]2C[C@H](CO)[C@@H](O)[C@H]2O)n1. The predicted octanol–water partition coefficient (Wildman–Crippen LogP) is 0.932. The Labute approximate surface area is 171 Å². The molecule has 1 aromatic rings. The summed E-state index contributed by atoms with van der Waals surface area (Å²) >= 11 is 6.38. The summed E-state index contributed by atoms with van der Waals surface area (Å²) in [6, 6.07) is -0.489. The minimum absolute atomic E-state index is 0.201. The monoisotopic (exact) mass is 428 g/mol. The first-order chi connectivity index (χ1) is 13.2. The lowest BCUT2D eigenvalue weighted by molar-refractivity contribution is 0.00445. The maximum atomic E-state index is 10.3. The Kier molecular flexibility index (Phi) is 8.06. The molecule has 0 bridgehead atoms. The average molecular weight is 429 g/mol. The second kappa shape index (κ2) is 9.87. The minimum atomic E-state index is -1.67. The molecule has 0 aliphatic heterocycles. The van der Waals surface area contributed by atoms with Crippen LogP contribution in [0.3, 0.4) is 0 Å². The first kappa shape index (κ1) is 22.9. The standard InChI is InChI=1S/C18H29ClN4O4Si/c1-27-7-6-20-18-22-16(19)12(5-8-28(2,3)4)17(23-18)21-13-9-11(10-24)14(25)15(13)26/h11,13-15,24-26H,6-7,9-10H2,1-4H3,(H2,20,21,22,23)/t11-,13-,14-,15+/m1/s1. The molecule has 1 saturated carbocycles. The number of aliphatic hydroxyl groups is 3. The Morgan fingerprint density at radius 3 is 2.54 bits per heavy atom. The number of nitrogens with one attached hydrogen (secondary N) is 2. The van der Waals surface area contributed by atoms with Gasteiger partial charge in [-0.2, -0.15) is 9.97 Å². The molecule has 1 aromatic heterocycles. The van der Waals surface area contributed by atoms with Crippen molar-refractivity contribution in [2.75, 3.05) is 37.5 Å². The number of methoxy groups -OCH3 is 1. The fourth-order valence-corrected chi connectivity index (χ4v) is 3.58. The molecule has 28 heavy (non-hydrogen) atoms. The van der Waals surface area contributed by atoms with Crippen LogP contribution in [-0.4, -0.2) is 78.5 Å². The number of halogens is 1. The summed E-state index contributed by atoms with van der Waals surface area (Å²) in [7, 11) is -0.0694. The van der Waals surface area contributed by atoms with Crippen molar-refractivity contribution in [3.05, 3.63) is 10.7 Å². The lowest BCUT2D eigenvalue weighted by atomic mass is 10.1. The van der Waals surface area contributed by atoms with Crippen LogP contribution in [0.5, 0.6) is 0 Å². The van der Waals surface area contributed by atoms with Crippen LogP contribution in [0.1, 0.15) is 12.0 Å². The third-order valence-electron chi connectivity index (χ3n) is 4.38. The first-order valence-corrected chi connectivity index (χ1v) is 13.1. The number of nitrogens with zero attached hydrogens (tertiary/aromatic N) is 2. The first-order valence-electron chi connectivity index (χ1n) is 9.23. The van der Waals surface area contributed by atoms with Gasteiger partial charge >= 0.3 is 0 Å². The Balaban J connectivity index is 2.35. The molecule has 10 heteroatoms. The molecule has 5 N–H and O–H groups in total. The molecule has 0 spiro atoms. The van der Waals surface area contributed by atoms with Crippen molar-refractivity contribution < 1.29 is 20.1 Å². The van der Waals surface area contributed by atoms with E-state index in [1.165, 1.54) is 0 Å². The molecule has 1 fully saturated rings. The molecule has 0 saturated heterocycles. The minimum Gasteiger partial charge on any atom is -0.396 e. The highest BCUT2D eigenvalue weighted by Crippen LogP contribution is 2.31. The summed E-state index contributed by atoms with van der Waals surface area (Å²) in [5.41, 5.74) is 3.70. The lowest BCUT2D eigenvalue weighted by Gasteiger charge is -2.20. The van der Waals surface area contributed by atoms with Crippen LogP contribution in [0.4, 0.5) is 11.8 Å². The summed E-state index contributed by atoms with van der Waals surface area (Å²) in [5, 5.41) is 36.2. The normalized spacial score (nSPS) is 24.6. The van der Waals surface area contributed by atoms with Crippen LogP contribution in [0.2, 0.25) is 24.8 Å². The fourth-order valence-electron chi connectivity index (χ4n) is 2.87. The quantitative estimate of drug-likeness (QED) is 0.188. The molecule has 0 unspecified atom stereocenters. The van der Waals surface area contributed by atoms with E-state index in [9.17, 15) is 15.3 Å². The van der Waals surface area contributed by atoms with Crippen LogP contribution in [0, 0.1) is 17.4 Å². The van der Waals surface area contributed by atoms with E-state index < -0.39 is 32.2 Å². The molecule has 4 atom stereocenters. The van der Waals surface area contributed by atoms with Gasteiger partial charge in [-0.15, -0.1) is 5.54 Å². The number of rotatable bonds is 7. The van der Waals surface area contributed by atoms with Gasteiger partial charge in [0.15, 0.2) is 5.15 Å². The van der Waals surface area contributed by atoms with Crippen LogP contribution in [-0.2, 0) is 4.74 Å². The van der Waals surface area contributed by atoms with Gasteiger partial charge in [0.1, 0.15) is 25.6 Å². The molecule has 1 heterocycles. The van der Waals surface area contributed by atoms with Gasteiger partial charge in [0, 0.05) is 26.2 Å². The molecule has 0 radical (unpaired) electrons. The summed E-state index contributed by atoms with van der Waals surface area (Å²) in [6.07, 6.45) is -1.64. The van der Waals surface area contributed by atoms with E-state index in [2.05, 4.69) is 51.7 Å². The summed E-state index contributed by atoms with van der Waals surface area (Å²) in [4.78, 5) is 8.72. The van der Waals surface area contributed by atoms with E-state index in [1.54, 1.807) is 7.11 Å². The largest absolute Gasteiger partial charge is 0.396 e. The lowest BCUT2D eigenvalue weighted by Crippen LogP contribution is -2.36. The van der Waals surface area contributed by atoms with Crippen LogP contribution >= 0.6 is 11.6 Å². The van der Waals surface area contributed by atoms with Crippen molar-refractivity contribution in [1.82, 2.24) is 9.97 Å².